The number of cyclic esters (lactones) is 1. The molecule has 0 saturated heterocycles. The lowest BCUT2D eigenvalue weighted by atomic mass is 10.1. The number of rotatable bonds is 0. The molecule has 0 aromatic rings. The van der Waals surface area contributed by atoms with E-state index in [2.05, 4.69) is 0 Å². The minimum Gasteiger partial charge on any atom is -0.463 e. The van der Waals surface area contributed by atoms with Crippen LogP contribution in [0.5, 0.6) is 0 Å². The van der Waals surface area contributed by atoms with E-state index in [1.165, 1.54) is 12.2 Å². The molecule has 1 aliphatic heterocycles. The van der Waals surface area contributed by atoms with E-state index in [-0.39, 0.29) is 5.78 Å². The first-order chi connectivity index (χ1) is 5.79. The lowest BCUT2D eigenvalue weighted by Crippen LogP contribution is -2.05. The summed E-state index contributed by atoms with van der Waals surface area (Å²) >= 11 is 0. The molecule has 12 heavy (non-hydrogen) atoms. The maximum Gasteiger partial charge on any atom is 0.330 e. The topological polar surface area (TPSA) is 43.4 Å². The van der Waals surface area contributed by atoms with Gasteiger partial charge in [0.25, 0.3) is 0 Å². The third-order valence-electron chi connectivity index (χ3n) is 1.72. The quantitative estimate of drug-likeness (QED) is 0.511. The van der Waals surface area contributed by atoms with Gasteiger partial charge in [-0.25, -0.2) is 4.79 Å². The van der Waals surface area contributed by atoms with Gasteiger partial charge in [0.1, 0.15) is 0 Å². The molecular weight excluding hydrogens is 156 g/mol. The van der Waals surface area contributed by atoms with Crippen LogP contribution in [-0.2, 0) is 14.3 Å². The molecular formula is C9H12O3. The second-order valence-electron chi connectivity index (χ2n) is 2.78. The van der Waals surface area contributed by atoms with Crippen LogP contribution in [-0.4, -0.2) is 18.4 Å². The summed E-state index contributed by atoms with van der Waals surface area (Å²) in [6.45, 7) is 0.470. The predicted molar refractivity (Wildman–Crippen MR) is 43.6 cm³/mol. The van der Waals surface area contributed by atoms with Crippen LogP contribution >= 0.6 is 0 Å². The highest BCUT2D eigenvalue weighted by Gasteiger charge is 2.03. The van der Waals surface area contributed by atoms with Gasteiger partial charge in [-0.1, -0.05) is 0 Å². The summed E-state index contributed by atoms with van der Waals surface area (Å²) in [5.41, 5.74) is 0. The summed E-state index contributed by atoms with van der Waals surface area (Å²) in [7, 11) is 0. The van der Waals surface area contributed by atoms with Gasteiger partial charge in [0, 0.05) is 12.5 Å². The van der Waals surface area contributed by atoms with E-state index in [9.17, 15) is 9.59 Å². The van der Waals surface area contributed by atoms with Crippen LogP contribution in [0.15, 0.2) is 12.2 Å². The number of carbonyl (C=O) groups is 2. The molecule has 1 aliphatic rings. The van der Waals surface area contributed by atoms with Gasteiger partial charge in [0.2, 0.25) is 0 Å². The fraction of sp³-hybridized carbons (Fsp3) is 0.556. The van der Waals surface area contributed by atoms with Crippen molar-refractivity contribution in [2.75, 3.05) is 6.61 Å². The van der Waals surface area contributed by atoms with E-state index >= 15 is 0 Å². The van der Waals surface area contributed by atoms with Crippen LogP contribution in [0.25, 0.3) is 0 Å². The van der Waals surface area contributed by atoms with Crippen molar-refractivity contribution in [3.8, 4) is 0 Å². The molecule has 0 aromatic carbocycles. The van der Waals surface area contributed by atoms with Crippen molar-refractivity contribution >= 4 is 11.8 Å². The predicted octanol–water partition coefficient (Wildman–Crippen LogP) is 1.23. The van der Waals surface area contributed by atoms with Gasteiger partial charge in [0.15, 0.2) is 5.78 Å². The third kappa shape index (κ3) is 3.32. The molecule has 3 nitrogen and oxygen atoms in total. The summed E-state index contributed by atoms with van der Waals surface area (Å²) in [6.07, 6.45) is 5.74. The van der Waals surface area contributed by atoms with Gasteiger partial charge in [-0.05, 0) is 25.3 Å². The first-order valence-electron chi connectivity index (χ1n) is 4.17. The van der Waals surface area contributed by atoms with E-state index in [0.29, 0.717) is 13.0 Å². The summed E-state index contributed by atoms with van der Waals surface area (Å²) in [5, 5.41) is 0. The number of hydrogen-bond donors (Lipinski definition) is 0. The van der Waals surface area contributed by atoms with Crippen molar-refractivity contribution in [3.05, 3.63) is 12.2 Å². The largest absolute Gasteiger partial charge is 0.463 e. The molecule has 0 unspecified atom stereocenters. The van der Waals surface area contributed by atoms with E-state index < -0.39 is 5.97 Å². The second kappa shape index (κ2) is 4.70. The SMILES string of the molecule is O=C1/C=C/C(=O)OCCCCC1. The fourth-order valence-corrected chi connectivity index (χ4v) is 1.04. The van der Waals surface area contributed by atoms with Gasteiger partial charge >= 0.3 is 5.97 Å². The van der Waals surface area contributed by atoms with E-state index in [0.717, 1.165) is 19.3 Å². The van der Waals surface area contributed by atoms with E-state index in [4.69, 9.17) is 4.74 Å². The monoisotopic (exact) mass is 168 g/mol. The number of esters is 1. The van der Waals surface area contributed by atoms with Crippen LogP contribution in [0, 0.1) is 0 Å². The van der Waals surface area contributed by atoms with Crippen LogP contribution in [0.1, 0.15) is 25.7 Å². The molecule has 0 saturated carbocycles. The van der Waals surface area contributed by atoms with Crippen molar-refractivity contribution in [1.29, 1.82) is 0 Å². The first kappa shape index (κ1) is 8.97. The van der Waals surface area contributed by atoms with Crippen molar-refractivity contribution in [3.63, 3.8) is 0 Å². The first-order valence-corrected chi connectivity index (χ1v) is 4.17. The lowest BCUT2D eigenvalue weighted by Gasteiger charge is -2.03. The number of allylic oxidation sites excluding steroid dienone is 1. The number of hydrogen-bond acceptors (Lipinski definition) is 3. The Morgan fingerprint density at radius 1 is 1.08 bits per heavy atom. The van der Waals surface area contributed by atoms with Crippen molar-refractivity contribution < 1.29 is 14.3 Å². The summed E-state index contributed by atoms with van der Waals surface area (Å²) < 4.78 is 4.79. The maximum atomic E-state index is 11.0. The molecule has 0 aliphatic carbocycles. The highest BCUT2D eigenvalue weighted by atomic mass is 16.5. The Balaban J connectivity index is 2.49. The Bertz CT molecular complexity index is 184. The van der Waals surface area contributed by atoms with Crippen LogP contribution < -0.4 is 0 Å². The smallest absolute Gasteiger partial charge is 0.330 e. The lowest BCUT2D eigenvalue weighted by molar-refractivity contribution is -0.138. The Morgan fingerprint density at radius 2 is 1.92 bits per heavy atom. The molecule has 3 heteroatoms. The molecule has 0 spiro atoms. The summed E-state index contributed by atoms with van der Waals surface area (Å²) in [4.78, 5) is 21.7. The average Bonchev–Trinajstić information content (AvgIpc) is 2.07. The maximum absolute atomic E-state index is 11.0. The summed E-state index contributed by atoms with van der Waals surface area (Å²) in [5.74, 6) is -0.404. The molecule has 0 radical (unpaired) electrons. The van der Waals surface area contributed by atoms with E-state index in [1.54, 1.807) is 0 Å². The summed E-state index contributed by atoms with van der Waals surface area (Å²) in [6, 6.07) is 0. The fourth-order valence-electron chi connectivity index (χ4n) is 1.04. The van der Waals surface area contributed by atoms with Gasteiger partial charge in [-0.2, -0.15) is 0 Å². The van der Waals surface area contributed by atoms with Gasteiger partial charge < -0.3 is 4.74 Å². The molecule has 66 valence electrons. The molecule has 0 bridgehead atoms. The normalized spacial score (nSPS) is 23.0. The Morgan fingerprint density at radius 3 is 2.75 bits per heavy atom. The van der Waals surface area contributed by atoms with Gasteiger partial charge in [0.05, 0.1) is 6.61 Å². The highest BCUT2D eigenvalue weighted by molar-refractivity contribution is 5.95. The van der Waals surface area contributed by atoms with E-state index in [1.807, 2.05) is 0 Å². The third-order valence-corrected chi connectivity index (χ3v) is 1.72. The standard InChI is InChI=1S/C9H12O3/c10-8-4-2-1-3-7-12-9(11)6-5-8/h5-6H,1-4,7H2/b6-5+. The minimum atomic E-state index is -0.412. The average molecular weight is 168 g/mol. The highest BCUT2D eigenvalue weighted by Crippen LogP contribution is 2.03. The molecule has 0 aromatic heterocycles. The van der Waals surface area contributed by atoms with Gasteiger partial charge in [-0.15, -0.1) is 0 Å². The molecule has 0 amide bonds. The zero-order valence-corrected chi connectivity index (χ0v) is 6.91. The van der Waals surface area contributed by atoms with Crippen LogP contribution in [0.3, 0.4) is 0 Å². The van der Waals surface area contributed by atoms with Crippen molar-refractivity contribution in [1.82, 2.24) is 0 Å². The molecule has 0 N–H and O–H groups in total. The minimum absolute atomic E-state index is 0.00819. The van der Waals surface area contributed by atoms with Crippen molar-refractivity contribution in [2.45, 2.75) is 25.7 Å². The Hall–Kier alpha value is -1.12. The van der Waals surface area contributed by atoms with Crippen molar-refractivity contribution in [2.24, 2.45) is 0 Å². The zero-order chi connectivity index (χ0) is 8.81. The molecule has 0 atom stereocenters. The number of ketones is 1. The molecule has 1 heterocycles. The van der Waals surface area contributed by atoms with Crippen LogP contribution in [0.2, 0.25) is 0 Å². The number of carbonyl (C=O) groups excluding carboxylic acids is 2. The zero-order valence-electron chi connectivity index (χ0n) is 6.91. The number of ether oxygens (including phenoxy) is 1. The Labute approximate surface area is 71.4 Å². The van der Waals surface area contributed by atoms with Crippen LogP contribution in [0.4, 0.5) is 0 Å². The van der Waals surface area contributed by atoms with Gasteiger partial charge in [-0.3, -0.25) is 4.79 Å². The molecule has 0 fully saturated rings. The second-order valence-corrected chi connectivity index (χ2v) is 2.78. The molecule has 1 rings (SSSR count). The Kier molecular flexibility index (Phi) is 3.51.